The summed E-state index contributed by atoms with van der Waals surface area (Å²) in [5.41, 5.74) is 3.63. The molecule has 29 heavy (non-hydrogen) atoms. The number of fused-ring (bicyclic) bond motifs is 1. The molecule has 2 aromatic carbocycles. The Morgan fingerprint density at radius 3 is 2.83 bits per heavy atom. The number of amides is 1. The zero-order valence-corrected chi connectivity index (χ0v) is 17.9. The van der Waals surface area contributed by atoms with Crippen molar-refractivity contribution in [2.45, 2.75) is 13.2 Å². The number of thioether (sulfide) groups is 1. The van der Waals surface area contributed by atoms with E-state index in [1.165, 1.54) is 11.8 Å². The zero-order chi connectivity index (χ0) is 20.5. The van der Waals surface area contributed by atoms with Gasteiger partial charge in [0, 0.05) is 24.8 Å². The van der Waals surface area contributed by atoms with Crippen LogP contribution in [0.5, 0.6) is 0 Å². The summed E-state index contributed by atoms with van der Waals surface area (Å²) in [7, 11) is 3.88. The van der Waals surface area contributed by atoms with Crippen molar-refractivity contribution in [3.05, 3.63) is 59.4 Å². The Hall–Kier alpha value is -2.71. The molecular formula is C20H21ClN6OS. The van der Waals surface area contributed by atoms with Gasteiger partial charge in [0.25, 0.3) is 0 Å². The Kier molecular flexibility index (Phi) is 5.38. The molecule has 1 aromatic heterocycles. The van der Waals surface area contributed by atoms with Crippen LogP contribution >= 0.6 is 23.4 Å². The van der Waals surface area contributed by atoms with E-state index in [1.807, 2.05) is 73.7 Å². The van der Waals surface area contributed by atoms with Crippen LogP contribution in [0.15, 0.2) is 53.9 Å². The molecule has 4 rings (SSSR count). The summed E-state index contributed by atoms with van der Waals surface area (Å²) < 4.78 is 2.07. The molecular weight excluding hydrogens is 408 g/mol. The van der Waals surface area contributed by atoms with Crippen molar-refractivity contribution >= 4 is 51.2 Å². The van der Waals surface area contributed by atoms with Gasteiger partial charge in [0.05, 0.1) is 23.1 Å². The molecule has 0 bridgehead atoms. The lowest BCUT2D eigenvalue weighted by Crippen LogP contribution is -2.34. The second-order valence-electron chi connectivity index (χ2n) is 6.85. The molecule has 0 saturated heterocycles. The number of halogens is 1. The minimum absolute atomic E-state index is 0.106. The Balaban J connectivity index is 1.41. The first kappa shape index (κ1) is 19.6. The third kappa shape index (κ3) is 3.90. The van der Waals surface area contributed by atoms with Gasteiger partial charge in [-0.15, -0.1) is 5.10 Å². The first-order valence-electron chi connectivity index (χ1n) is 9.08. The zero-order valence-electron chi connectivity index (χ0n) is 16.3. The molecule has 1 aliphatic rings. The number of anilines is 1. The van der Waals surface area contributed by atoms with Crippen LogP contribution in [0.25, 0.3) is 11.0 Å². The maximum absolute atomic E-state index is 12.4. The van der Waals surface area contributed by atoms with E-state index in [4.69, 9.17) is 11.6 Å². The van der Waals surface area contributed by atoms with Crippen LogP contribution in [0.2, 0.25) is 5.02 Å². The number of nitrogens with one attached hydrogen (secondary N) is 1. The molecule has 150 valence electrons. The molecule has 0 saturated carbocycles. The van der Waals surface area contributed by atoms with Crippen LogP contribution in [0, 0.1) is 6.92 Å². The van der Waals surface area contributed by atoms with E-state index < -0.39 is 0 Å². The summed E-state index contributed by atoms with van der Waals surface area (Å²) in [6.07, 6.45) is 1.68. The molecule has 1 atom stereocenters. The van der Waals surface area contributed by atoms with E-state index in [0.29, 0.717) is 10.7 Å². The fraction of sp³-hybridized carbons (Fsp3) is 0.250. The second kappa shape index (κ2) is 7.96. The Morgan fingerprint density at radius 1 is 1.24 bits per heavy atom. The average Bonchev–Trinajstić information content (AvgIpc) is 3.23. The fourth-order valence-corrected chi connectivity index (χ4v) is 4.26. The third-order valence-corrected chi connectivity index (χ3v) is 6.19. The maximum Gasteiger partial charge on any atom is 0.234 e. The van der Waals surface area contributed by atoms with Crippen molar-refractivity contribution in [2.24, 2.45) is 5.10 Å². The number of hydrogen-bond acceptors (Lipinski definition) is 6. The molecule has 1 aliphatic heterocycles. The molecule has 7 nitrogen and oxygen atoms in total. The quantitative estimate of drug-likeness (QED) is 0.681. The Labute approximate surface area is 178 Å². The molecule has 9 heteroatoms. The van der Waals surface area contributed by atoms with Gasteiger partial charge in [-0.2, -0.15) is 0 Å². The van der Waals surface area contributed by atoms with Crippen molar-refractivity contribution in [3.63, 3.8) is 0 Å². The number of hydrogen-bond donors (Lipinski definition) is 1. The lowest BCUT2D eigenvalue weighted by Gasteiger charge is -2.27. The molecule has 0 aliphatic carbocycles. The number of para-hydroxylation sites is 2. The van der Waals surface area contributed by atoms with E-state index in [-0.39, 0.29) is 17.9 Å². The summed E-state index contributed by atoms with van der Waals surface area (Å²) in [5, 5.41) is 10.8. The maximum atomic E-state index is 12.4. The van der Waals surface area contributed by atoms with Gasteiger partial charge in [-0.25, -0.2) is 4.98 Å². The Morgan fingerprint density at radius 2 is 2.03 bits per heavy atom. The van der Waals surface area contributed by atoms with Gasteiger partial charge in [-0.05, 0) is 36.8 Å². The van der Waals surface area contributed by atoms with Gasteiger partial charge >= 0.3 is 0 Å². The second-order valence-corrected chi connectivity index (χ2v) is 8.20. The highest BCUT2D eigenvalue weighted by molar-refractivity contribution is 8.14. The first-order chi connectivity index (χ1) is 13.9. The minimum atomic E-state index is -0.135. The van der Waals surface area contributed by atoms with E-state index in [9.17, 15) is 4.79 Å². The lowest BCUT2D eigenvalue weighted by atomic mass is 10.2. The van der Waals surface area contributed by atoms with Crippen molar-refractivity contribution < 1.29 is 4.79 Å². The molecule has 1 N–H and O–H groups in total. The normalized spacial score (nSPS) is 16.4. The van der Waals surface area contributed by atoms with E-state index in [0.717, 1.165) is 21.8 Å². The summed E-state index contributed by atoms with van der Waals surface area (Å²) in [6, 6.07) is 13.5. The predicted molar refractivity (Wildman–Crippen MR) is 119 cm³/mol. The van der Waals surface area contributed by atoms with E-state index in [1.54, 1.807) is 6.07 Å². The molecule has 2 heterocycles. The Bertz CT molecular complexity index is 1100. The summed E-state index contributed by atoms with van der Waals surface area (Å²) >= 11 is 7.52. The van der Waals surface area contributed by atoms with E-state index >= 15 is 0 Å². The smallest absolute Gasteiger partial charge is 0.234 e. The molecule has 3 aromatic rings. The number of carbonyl (C=O) groups is 1. The monoisotopic (exact) mass is 428 g/mol. The van der Waals surface area contributed by atoms with Crippen LogP contribution in [-0.2, 0) is 4.79 Å². The van der Waals surface area contributed by atoms with Crippen LogP contribution in [0.3, 0.4) is 0 Å². The van der Waals surface area contributed by atoms with Gasteiger partial charge in [0.2, 0.25) is 12.2 Å². The highest BCUT2D eigenvalue weighted by Gasteiger charge is 2.32. The largest absolute Gasteiger partial charge is 0.325 e. The fourth-order valence-electron chi connectivity index (χ4n) is 3.26. The third-order valence-electron chi connectivity index (χ3n) is 4.74. The van der Waals surface area contributed by atoms with Gasteiger partial charge in [0.15, 0.2) is 5.17 Å². The number of carbonyl (C=O) groups excluding carboxylic acids is 1. The highest BCUT2D eigenvalue weighted by Crippen LogP contribution is 2.30. The summed E-state index contributed by atoms with van der Waals surface area (Å²) in [4.78, 5) is 18.9. The van der Waals surface area contributed by atoms with Crippen LogP contribution < -0.4 is 5.32 Å². The van der Waals surface area contributed by atoms with Crippen LogP contribution in [-0.4, -0.2) is 50.4 Å². The number of benzene rings is 2. The highest BCUT2D eigenvalue weighted by atomic mass is 35.5. The van der Waals surface area contributed by atoms with Crippen molar-refractivity contribution in [3.8, 4) is 0 Å². The number of aryl methyl sites for hydroxylation is 1. The van der Waals surface area contributed by atoms with E-state index in [2.05, 4.69) is 20.0 Å². The first-order valence-corrected chi connectivity index (χ1v) is 10.4. The SMILES string of the molecule is Cc1ccc(NC(=O)CSC2=NN(C)C(n3cnc4ccccc43)N2C)cc1Cl. The predicted octanol–water partition coefficient (Wildman–Crippen LogP) is 3.97. The van der Waals surface area contributed by atoms with Crippen molar-refractivity contribution in [1.82, 2.24) is 19.5 Å². The molecule has 1 unspecified atom stereocenters. The number of imidazole rings is 1. The summed E-state index contributed by atoms with van der Waals surface area (Å²) in [5.74, 6) is 0.144. The summed E-state index contributed by atoms with van der Waals surface area (Å²) in [6.45, 7) is 1.92. The number of nitrogens with zero attached hydrogens (tertiary/aromatic N) is 5. The lowest BCUT2D eigenvalue weighted by molar-refractivity contribution is -0.113. The van der Waals surface area contributed by atoms with Crippen molar-refractivity contribution in [1.29, 1.82) is 0 Å². The van der Waals surface area contributed by atoms with Gasteiger partial charge in [-0.1, -0.05) is 41.6 Å². The van der Waals surface area contributed by atoms with Gasteiger partial charge < -0.3 is 10.2 Å². The van der Waals surface area contributed by atoms with Crippen molar-refractivity contribution in [2.75, 3.05) is 25.2 Å². The number of hydrazone groups is 1. The molecule has 0 fully saturated rings. The number of aromatic nitrogens is 2. The number of amidine groups is 1. The van der Waals surface area contributed by atoms with Crippen LogP contribution in [0.1, 0.15) is 11.9 Å². The van der Waals surface area contributed by atoms with Crippen LogP contribution in [0.4, 0.5) is 5.69 Å². The minimum Gasteiger partial charge on any atom is -0.325 e. The number of rotatable bonds is 4. The standard InChI is InChI=1S/C20H21ClN6OS/c1-13-8-9-14(10-15(13)21)23-18(28)11-29-19-24-26(3)20(25(19)2)27-12-22-16-6-4-5-7-17(16)27/h4-10,12,20H,11H2,1-3H3,(H,23,28). The van der Waals surface area contributed by atoms with Gasteiger partial charge in [-0.3, -0.25) is 14.4 Å². The molecule has 1 amide bonds. The topological polar surface area (TPSA) is 65.8 Å². The van der Waals surface area contributed by atoms with Gasteiger partial charge in [0.1, 0.15) is 0 Å². The molecule has 0 radical (unpaired) electrons. The average molecular weight is 429 g/mol. The molecule has 0 spiro atoms.